The van der Waals surface area contributed by atoms with Gasteiger partial charge in [-0.3, -0.25) is 9.36 Å². The maximum atomic E-state index is 12.0. The molecule has 100 valence electrons. The van der Waals surface area contributed by atoms with E-state index < -0.39 is 0 Å². The Morgan fingerprint density at radius 1 is 1.10 bits per heavy atom. The van der Waals surface area contributed by atoms with Gasteiger partial charge in [0, 0.05) is 12.1 Å². The van der Waals surface area contributed by atoms with Crippen molar-refractivity contribution in [3.63, 3.8) is 0 Å². The fourth-order valence-electron chi connectivity index (χ4n) is 1.97. The van der Waals surface area contributed by atoms with Gasteiger partial charge < -0.3 is 4.74 Å². The van der Waals surface area contributed by atoms with Crippen LogP contribution in [-0.4, -0.2) is 9.55 Å². The highest BCUT2D eigenvalue weighted by Crippen LogP contribution is 2.22. The molecule has 3 aromatic rings. The first-order chi connectivity index (χ1) is 9.65. The van der Waals surface area contributed by atoms with Gasteiger partial charge in [0.1, 0.15) is 5.75 Å². The Morgan fingerprint density at radius 3 is 2.55 bits per heavy atom. The summed E-state index contributed by atoms with van der Waals surface area (Å²) in [6, 6.07) is 14.4. The highest BCUT2D eigenvalue weighted by atomic mass is 35.5. The van der Waals surface area contributed by atoms with E-state index in [4.69, 9.17) is 16.3 Å². The summed E-state index contributed by atoms with van der Waals surface area (Å²) in [6.07, 6.45) is 0. The van der Waals surface area contributed by atoms with Gasteiger partial charge in [0.25, 0.3) is 5.56 Å². The lowest BCUT2D eigenvalue weighted by atomic mass is 10.2. The van der Waals surface area contributed by atoms with E-state index in [9.17, 15) is 4.79 Å². The molecule has 0 unspecified atom stereocenters. The van der Waals surface area contributed by atoms with Crippen LogP contribution in [0, 0.1) is 0 Å². The van der Waals surface area contributed by atoms with Gasteiger partial charge >= 0.3 is 6.01 Å². The van der Waals surface area contributed by atoms with Crippen LogP contribution in [0.2, 0.25) is 5.02 Å². The quantitative estimate of drug-likeness (QED) is 0.725. The van der Waals surface area contributed by atoms with Crippen molar-refractivity contribution in [1.29, 1.82) is 0 Å². The maximum absolute atomic E-state index is 12.0. The van der Waals surface area contributed by atoms with Crippen molar-refractivity contribution in [2.75, 3.05) is 0 Å². The van der Waals surface area contributed by atoms with E-state index in [2.05, 4.69) is 4.98 Å². The minimum Gasteiger partial charge on any atom is -0.425 e. The first-order valence-electron chi connectivity index (χ1n) is 6.04. The lowest BCUT2D eigenvalue weighted by Crippen LogP contribution is -2.13. The largest absolute Gasteiger partial charge is 0.425 e. The van der Waals surface area contributed by atoms with Crippen molar-refractivity contribution in [2.24, 2.45) is 7.05 Å². The molecule has 4 nitrogen and oxygen atoms in total. The number of hydrogen-bond donors (Lipinski definition) is 0. The van der Waals surface area contributed by atoms with Crippen LogP contribution >= 0.6 is 11.6 Å². The summed E-state index contributed by atoms with van der Waals surface area (Å²) in [5.41, 5.74) is 0.471. The first-order valence-corrected chi connectivity index (χ1v) is 6.42. The number of benzene rings is 2. The second kappa shape index (κ2) is 4.98. The number of para-hydroxylation sites is 1. The molecule has 1 aromatic heterocycles. The fraction of sp³-hybridized carbons (Fsp3) is 0.0667. The summed E-state index contributed by atoms with van der Waals surface area (Å²) in [5, 5.41) is 1.19. The third-order valence-corrected chi connectivity index (χ3v) is 3.25. The average Bonchev–Trinajstić information content (AvgIpc) is 2.47. The number of aryl methyl sites for hydroxylation is 1. The molecule has 5 heteroatoms. The number of rotatable bonds is 2. The molecule has 0 bridgehead atoms. The number of hydrogen-bond acceptors (Lipinski definition) is 3. The SMILES string of the molecule is Cn1c(Oc2ccc(Cl)cc2)nc(=O)c2ccccc21. The van der Waals surface area contributed by atoms with E-state index in [0.29, 0.717) is 16.2 Å². The van der Waals surface area contributed by atoms with Gasteiger partial charge in [-0.1, -0.05) is 23.7 Å². The number of nitrogens with zero attached hydrogens (tertiary/aromatic N) is 2. The van der Waals surface area contributed by atoms with Crippen LogP contribution in [0.15, 0.2) is 53.3 Å². The van der Waals surface area contributed by atoms with Gasteiger partial charge in [0.2, 0.25) is 0 Å². The number of aromatic nitrogens is 2. The van der Waals surface area contributed by atoms with E-state index in [0.717, 1.165) is 5.52 Å². The van der Waals surface area contributed by atoms with Crippen molar-refractivity contribution in [2.45, 2.75) is 0 Å². The Bertz CT molecular complexity index is 825. The summed E-state index contributed by atoms with van der Waals surface area (Å²) in [4.78, 5) is 15.9. The molecule has 0 N–H and O–H groups in total. The maximum Gasteiger partial charge on any atom is 0.305 e. The second-order valence-electron chi connectivity index (χ2n) is 4.33. The zero-order valence-corrected chi connectivity index (χ0v) is 11.5. The molecule has 0 aliphatic carbocycles. The topological polar surface area (TPSA) is 44.1 Å². The van der Waals surface area contributed by atoms with Crippen molar-refractivity contribution in [1.82, 2.24) is 9.55 Å². The van der Waals surface area contributed by atoms with Crippen LogP contribution < -0.4 is 10.3 Å². The predicted molar refractivity (Wildman–Crippen MR) is 78.5 cm³/mol. The second-order valence-corrected chi connectivity index (χ2v) is 4.77. The smallest absolute Gasteiger partial charge is 0.305 e. The molecule has 2 aromatic carbocycles. The van der Waals surface area contributed by atoms with E-state index in [1.807, 2.05) is 18.2 Å². The standard InChI is InChI=1S/C15H11ClN2O2/c1-18-13-5-3-2-4-12(13)14(19)17-15(18)20-11-8-6-10(16)7-9-11/h2-9H,1H3. The lowest BCUT2D eigenvalue weighted by Gasteiger charge is -2.11. The van der Waals surface area contributed by atoms with Crippen molar-refractivity contribution >= 4 is 22.5 Å². The zero-order valence-electron chi connectivity index (χ0n) is 10.7. The van der Waals surface area contributed by atoms with E-state index in [1.54, 1.807) is 41.9 Å². The number of halogens is 1. The molecule has 0 spiro atoms. The molecular formula is C15H11ClN2O2. The Hall–Kier alpha value is -2.33. The molecule has 0 amide bonds. The van der Waals surface area contributed by atoms with E-state index in [-0.39, 0.29) is 11.6 Å². The minimum atomic E-state index is -0.303. The van der Waals surface area contributed by atoms with Crippen LogP contribution in [0.4, 0.5) is 0 Å². The van der Waals surface area contributed by atoms with Gasteiger partial charge in [-0.15, -0.1) is 0 Å². The van der Waals surface area contributed by atoms with Crippen molar-refractivity contribution in [3.8, 4) is 11.8 Å². The van der Waals surface area contributed by atoms with Crippen LogP contribution in [0.5, 0.6) is 11.8 Å². The molecule has 0 saturated carbocycles. The van der Waals surface area contributed by atoms with Gasteiger partial charge in [-0.25, -0.2) is 0 Å². The Balaban J connectivity index is 2.10. The van der Waals surface area contributed by atoms with Crippen molar-refractivity contribution in [3.05, 3.63) is 63.9 Å². The third-order valence-electron chi connectivity index (χ3n) is 3.00. The molecule has 0 aliphatic heterocycles. The molecule has 3 rings (SSSR count). The first kappa shape index (κ1) is 12.7. The molecule has 0 atom stereocenters. The fourth-order valence-corrected chi connectivity index (χ4v) is 2.10. The third kappa shape index (κ3) is 2.26. The monoisotopic (exact) mass is 286 g/mol. The van der Waals surface area contributed by atoms with Crippen LogP contribution in [0.1, 0.15) is 0 Å². The molecule has 0 aliphatic rings. The average molecular weight is 287 g/mol. The number of fused-ring (bicyclic) bond motifs is 1. The summed E-state index contributed by atoms with van der Waals surface area (Å²) in [6.45, 7) is 0. The summed E-state index contributed by atoms with van der Waals surface area (Å²) in [7, 11) is 1.81. The molecular weight excluding hydrogens is 276 g/mol. The molecule has 1 heterocycles. The van der Waals surface area contributed by atoms with Gasteiger partial charge in [0.15, 0.2) is 0 Å². The van der Waals surface area contributed by atoms with Gasteiger partial charge in [-0.2, -0.15) is 4.98 Å². The minimum absolute atomic E-state index is 0.246. The summed E-state index contributed by atoms with van der Waals surface area (Å²) in [5.74, 6) is 0.576. The molecule has 20 heavy (non-hydrogen) atoms. The predicted octanol–water partition coefficient (Wildman–Crippen LogP) is 3.38. The summed E-state index contributed by atoms with van der Waals surface area (Å²) >= 11 is 5.82. The molecule has 0 radical (unpaired) electrons. The highest BCUT2D eigenvalue weighted by molar-refractivity contribution is 6.30. The number of ether oxygens (including phenoxy) is 1. The van der Waals surface area contributed by atoms with Gasteiger partial charge in [-0.05, 0) is 36.4 Å². The molecule has 0 fully saturated rings. The Kier molecular flexibility index (Phi) is 3.16. The van der Waals surface area contributed by atoms with Crippen LogP contribution in [0.3, 0.4) is 0 Å². The lowest BCUT2D eigenvalue weighted by molar-refractivity contribution is 0.419. The van der Waals surface area contributed by atoms with Crippen LogP contribution in [-0.2, 0) is 7.05 Å². The highest BCUT2D eigenvalue weighted by Gasteiger charge is 2.09. The van der Waals surface area contributed by atoms with E-state index in [1.165, 1.54) is 0 Å². The Labute approximate surface area is 120 Å². The normalized spacial score (nSPS) is 10.7. The van der Waals surface area contributed by atoms with Crippen LogP contribution in [0.25, 0.3) is 10.9 Å². The zero-order chi connectivity index (χ0) is 14.1. The van der Waals surface area contributed by atoms with E-state index >= 15 is 0 Å². The summed E-state index contributed by atoms with van der Waals surface area (Å²) < 4.78 is 7.39. The molecule has 0 saturated heterocycles. The van der Waals surface area contributed by atoms with Gasteiger partial charge in [0.05, 0.1) is 10.9 Å². The Morgan fingerprint density at radius 2 is 1.80 bits per heavy atom. The van der Waals surface area contributed by atoms with Crippen molar-refractivity contribution < 1.29 is 4.74 Å².